The van der Waals surface area contributed by atoms with E-state index in [2.05, 4.69) is 10.4 Å². The second-order valence-corrected chi connectivity index (χ2v) is 7.88. The molecule has 2 amide bonds. The fraction of sp³-hybridized carbons (Fsp3) is 0.278. The van der Waals surface area contributed by atoms with Crippen LogP contribution in [-0.4, -0.2) is 50.7 Å². The molecule has 2 aromatic rings. The summed E-state index contributed by atoms with van der Waals surface area (Å²) in [5.74, 6) is -0.234. The van der Waals surface area contributed by atoms with Crippen molar-refractivity contribution in [2.24, 2.45) is 5.10 Å². The third-order valence-electron chi connectivity index (χ3n) is 4.30. The van der Waals surface area contributed by atoms with Gasteiger partial charge in [0.1, 0.15) is 12.7 Å². The molecule has 1 atom stereocenters. The first kappa shape index (κ1) is 18.6. The Hall–Kier alpha value is -2.78. The highest BCUT2D eigenvalue weighted by Crippen LogP contribution is 2.25. The molecule has 0 radical (unpaired) electrons. The van der Waals surface area contributed by atoms with Crippen LogP contribution in [0.1, 0.15) is 9.67 Å². The number of carbonyl (C=O) groups is 2. The topological polar surface area (TPSA) is 83.5 Å². The predicted octanol–water partition coefficient (Wildman–Crippen LogP) is 2.94. The van der Waals surface area contributed by atoms with Gasteiger partial charge in [0.2, 0.25) is 0 Å². The molecule has 0 bridgehead atoms. The van der Waals surface area contributed by atoms with Crippen molar-refractivity contribution in [2.45, 2.75) is 6.10 Å². The first-order chi connectivity index (χ1) is 13.6. The highest BCUT2D eigenvalue weighted by atomic mass is 35.5. The van der Waals surface area contributed by atoms with Gasteiger partial charge in [-0.2, -0.15) is 0 Å². The normalized spacial score (nSPS) is 18.8. The quantitative estimate of drug-likeness (QED) is 0.804. The molecule has 10 heteroatoms. The van der Waals surface area contributed by atoms with Crippen molar-refractivity contribution in [1.29, 1.82) is 0 Å². The molecular formula is C18H17ClN4O4S. The summed E-state index contributed by atoms with van der Waals surface area (Å²) in [4.78, 5) is 26.4. The Morgan fingerprint density at radius 3 is 2.71 bits per heavy atom. The number of anilines is 2. The van der Waals surface area contributed by atoms with Crippen LogP contribution < -0.4 is 15.2 Å². The van der Waals surface area contributed by atoms with Crippen LogP contribution in [0.3, 0.4) is 0 Å². The zero-order valence-electron chi connectivity index (χ0n) is 14.7. The van der Waals surface area contributed by atoms with Crippen LogP contribution in [0.4, 0.5) is 16.2 Å². The lowest BCUT2D eigenvalue weighted by molar-refractivity contribution is 0.0920. The lowest BCUT2D eigenvalue weighted by Gasteiger charge is -2.22. The zero-order chi connectivity index (χ0) is 19.5. The van der Waals surface area contributed by atoms with Crippen molar-refractivity contribution in [2.75, 3.05) is 36.1 Å². The molecule has 3 heterocycles. The molecular weight excluding hydrogens is 404 g/mol. The summed E-state index contributed by atoms with van der Waals surface area (Å²) in [6.45, 7) is 1.84. The number of hydrogen-bond donors (Lipinski definition) is 1. The number of rotatable bonds is 5. The molecule has 1 fully saturated rings. The fourth-order valence-electron chi connectivity index (χ4n) is 2.91. The van der Waals surface area contributed by atoms with E-state index in [0.717, 1.165) is 11.4 Å². The van der Waals surface area contributed by atoms with Gasteiger partial charge in [-0.25, -0.2) is 4.79 Å². The van der Waals surface area contributed by atoms with Crippen molar-refractivity contribution in [3.63, 3.8) is 0 Å². The average Bonchev–Trinajstić information content (AvgIpc) is 3.32. The third-order valence-corrected chi connectivity index (χ3v) is 5.53. The Balaban J connectivity index is 1.34. The molecule has 0 saturated carbocycles. The van der Waals surface area contributed by atoms with E-state index in [1.807, 2.05) is 29.3 Å². The standard InChI is InChI=1S/C18H17ClN4O4S/c19-16-6-5-15(28-16)17(24)20-9-14-10-22(18(25)27-14)12-1-3-13(4-2-12)23-7-8-26-11-21-23/h1-6,11,14H,7-10H2,(H,20,24)/t14-/m0/s1. The van der Waals surface area contributed by atoms with E-state index in [-0.39, 0.29) is 12.5 Å². The first-order valence-corrected chi connectivity index (χ1v) is 9.83. The van der Waals surface area contributed by atoms with Crippen LogP contribution >= 0.6 is 22.9 Å². The summed E-state index contributed by atoms with van der Waals surface area (Å²) < 4.78 is 11.0. The molecule has 0 aliphatic carbocycles. The largest absolute Gasteiger partial charge is 0.480 e. The van der Waals surface area contributed by atoms with Crippen LogP contribution in [0.25, 0.3) is 0 Å². The first-order valence-electron chi connectivity index (χ1n) is 8.63. The van der Waals surface area contributed by atoms with Crippen LogP contribution in [0.5, 0.6) is 0 Å². The van der Waals surface area contributed by atoms with Crippen molar-refractivity contribution < 1.29 is 19.1 Å². The van der Waals surface area contributed by atoms with Crippen molar-refractivity contribution in [1.82, 2.24) is 5.32 Å². The van der Waals surface area contributed by atoms with Crippen molar-refractivity contribution in [3.8, 4) is 0 Å². The van der Waals surface area contributed by atoms with Crippen molar-refractivity contribution >= 4 is 52.7 Å². The van der Waals surface area contributed by atoms with Gasteiger partial charge in [0.05, 0.1) is 34.5 Å². The minimum atomic E-state index is -0.435. The zero-order valence-corrected chi connectivity index (χ0v) is 16.3. The van der Waals surface area contributed by atoms with E-state index in [4.69, 9.17) is 21.1 Å². The minimum absolute atomic E-state index is 0.233. The molecule has 1 saturated heterocycles. The van der Waals surface area contributed by atoms with E-state index < -0.39 is 12.2 Å². The SMILES string of the molecule is O=C(NC[C@H]1CN(c2ccc(N3CCOC=N3)cc2)C(=O)O1)c1ccc(Cl)s1. The summed E-state index contributed by atoms with van der Waals surface area (Å²) in [5, 5.41) is 8.75. The number of benzene rings is 1. The van der Waals surface area contributed by atoms with Gasteiger partial charge in [0.25, 0.3) is 5.91 Å². The molecule has 8 nitrogen and oxygen atoms in total. The van der Waals surface area contributed by atoms with E-state index in [1.54, 1.807) is 17.0 Å². The molecule has 28 heavy (non-hydrogen) atoms. The Bertz CT molecular complexity index is 901. The number of halogens is 1. The number of hydrogen-bond acceptors (Lipinski definition) is 7. The smallest absolute Gasteiger partial charge is 0.414 e. The molecule has 2 aliphatic heterocycles. The maximum atomic E-state index is 12.2. The lowest BCUT2D eigenvalue weighted by atomic mass is 10.2. The number of hydrazone groups is 1. The van der Waals surface area contributed by atoms with E-state index in [1.165, 1.54) is 17.7 Å². The van der Waals surface area contributed by atoms with Crippen molar-refractivity contribution in [3.05, 3.63) is 45.6 Å². The number of amides is 2. The summed E-state index contributed by atoms with van der Waals surface area (Å²) in [7, 11) is 0. The van der Waals surface area contributed by atoms with Gasteiger partial charge in [-0.1, -0.05) is 11.6 Å². The predicted molar refractivity (Wildman–Crippen MR) is 108 cm³/mol. The molecule has 0 unspecified atom stereocenters. The maximum Gasteiger partial charge on any atom is 0.414 e. The van der Waals surface area contributed by atoms with Crippen LogP contribution in [0.15, 0.2) is 41.5 Å². The van der Waals surface area contributed by atoms with Gasteiger partial charge < -0.3 is 14.8 Å². The highest BCUT2D eigenvalue weighted by molar-refractivity contribution is 7.17. The maximum absolute atomic E-state index is 12.2. The highest BCUT2D eigenvalue weighted by Gasteiger charge is 2.32. The van der Waals surface area contributed by atoms with Gasteiger partial charge in [0.15, 0.2) is 6.40 Å². The van der Waals surface area contributed by atoms with Gasteiger partial charge in [-0.3, -0.25) is 14.7 Å². The lowest BCUT2D eigenvalue weighted by Crippen LogP contribution is -2.34. The van der Waals surface area contributed by atoms with Gasteiger partial charge in [0, 0.05) is 5.69 Å². The number of ether oxygens (including phenoxy) is 2. The van der Waals surface area contributed by atoms with Gasteiger partial charge in [-0.15, -0.1) is 16.4 Å². The van der Waals surface area contributed by atoms with E-state index in [9.17, 15) is 9.59 Å². The molecule has 0 spiro atoms. The summed E-state index contributed by atoms with van der Waals surface area (Å²) in [5.41, 5.74) is 1.64. The summed E-state index contributed by atoms with van der Waals surface area (Å²) in [6, 6.07) is 10.8. The molecule has 2 aliphatic rings. The van der Waals surface area contributed by atoms with Crippen LogP contribution in [-0.2, 0) is 9.47 Å². The summed E-state index contributed by atoms with van der Waals surface area (Å²) in [6.07, 6.45) is 0.559. The minimum Gasteiger partial charge on any atom is -0.480 e. The number of thiophene rings is 1. The average molecular weight is 421 g/mol. The number of nitrogens with zero attached hydrogens (tertiary/aromatic N) is 3. The fourth-order valence-corrected chi connectivity index (χ4v) is 3.87. The van der Waals surface area contributed by atoms with Gasteiger partial charge in [-0.05, 0) is 36.4 Å². The second-order valence-electron chi connectivity index (χ2n) is 6.16. The van der Waals surface area contributed by atoms with E-state index in [0.29, 0.717) is 28.9 Å². The Morgan fingerprint density at radius 2 is 2.04 bits per heavy atom. The van der Waals surface area contributed by atoms with Crippen LogP contribution in [0.2, 0.25) is 4.34 Å². The third kappa shape index (κ3) is 4.05. The molecule has 1 aromatic heterocycles. The molecule has 1 N–H and O–H groups in total. The Morgan fingerprint density at radius 1 is 1.25 bits per heavy atom. The van der Waals surface area contributed by atoms with Gasteiger partial charge >= 0.3 is 6.09 Å². The molecule has 1 aromatic carbocycles. The number of cyclic esters (lactones) is 1. The Kier molecular flexibility index (Phi) is 5.36. The molecule has 4 rings (SSSR count). The summed E-state index contributed by atoms with van der Waals surface area (Å²) >= 11 is 7.05. The Labute approximate surface area is 170 Å². The second kappa shape index (κ2) is 8.07. The van der Waals surface area contributed by atoms with Crippen LogP contribution in [0, 0.1) is 0 Å². The molecule has 146 valence electrons. The monoisotopic (exact) mass is 420 g/mol. The number of nitrogens with one attached hydrogen (secondary N) is 1. The van der Waals surface area contributed by atoms with E-state index >= 15 is 0 Å². The number of carbonyl (C=O) groups excluding carboxylic acids is 2.